The summed E-state index contributed by atoms with van der Waals surface area (Å²) in [5.41, 5.74) is 4.67. The second kappa shape index (κ2) is 7.79. The second-order valence-electron chi connectivity index (χ2n) is 6.64. The minimum atomic E-state index is -0.961. The maximum Gasteiger partial charge on any atom is 0.161 e. The van der Waals surface area contributed by atoms with E-state index in [0.717, 1.165) is 46.6 Å². The monoisotopic (exact) mass is 399 g/mol. The number of aryl methyl sites for hydroxylation is 1. The number of fused-ring (bicyclic) bond motifs is 3. The summed E-state index contributed by atoms with van der Waals surface area (Å²) in [6, 6.07) is 9.75. The molecule has 1 aliphatic rings. The number of rotatable bonds is 7. The summed E-state index contributed by atoms with van der Waals surface area (Å²) in [5.74, 6) is 1.08. The van der Waals surface area contributed by atoms with Crippen molar-refractivity contribution in [2.45, 2.75) is 19.1 Å². The molecule has 0 bridgehead atoms. The molecule has 7 heteroatoms. The van der Waals surface area contributed by atoms with Gasteiger partial charge in [0.15, 0.2) is 17.8 Å². The molecule has 0 saturated carbocycles. The van der Waals surface area contributed by atoms with Crippen LogP contribution in [0, 0.1) is 0 Å². The first-order chi connectivity index (χ1) is 13.7. The molecular formula is C21H21NO5S. The number of hydrogen-bond acceptors (Lipinski definition) is 6. The van der Waals surface area contributed by atoms with E-state index in [2.05, 4.69) is 4.57 Å². The van der Waals surface area contributed by atoms with Gasteiger partial charge in [-0.2, -0.15) is 0 Å². The predicted molar refractivity (Wildman–Crippen MR) is 107 cm³/mol. The number of hydrogen-bond donors (Lipinski definition) is 2. The molecule has 0 spiro atoms. The average Bonchev–Trinajstić information content (AvgIpc) is 3.37. The van der Waals surface area contributed by atoms with Gasteiger partial charge in [0.1, 0.15) is 12.7 Å². The lowest BCUT2D eigenvalue weighted by atomic mass is 9.97. The highest BCUT2D eigenvalue weighted by Crippen LogP contribution is 2.42. The van der Waals surface area contributed by atoms with Gasteiger partial charge in [0.05, 0.1) is 24.3 Å². The van der Waals surface area contributed by atoms with Gasteiger partial charge in [-0.25, -0.2) is 0 Å². The number of nitrogens with zero attached hydrogens (tertiary/aromatic N) is 1. The van der Waals surface area contributed by atoms with E-state index in [9.17, 15) is 9.90 Å². The van der Waals surface area contributed by atoms with Crippen molar-refractivity contribution in [1.82, 2.24) is 4.57 Å². The Hall–Kier alpha value is -2.61. The first kappa shape index (κ1) is 18.7. The quantitative estimate of drug-likeness (QED) is 0.597. The van der Waals surface area contributed by atoms with Crippen molar-refractivity contribution in [3.63, 3.8) is 0 Å². The zero-order chi connectivity index (χ0) is 19.7. The zero-order valence-corrected chi connectivity index (χ0v) is 16.2. The van der Waals surface area contributed by atoms with Gasteiger partial charge in [-0.15, -0.1) is 11.3 Å². The maximum atomic E-state index is 11.7. The molecule has 1 aliphatic heterocycles. The van der Waals surface area contributed by atoms with Gasteiger partial charge in [0, 0.05) is 23.4 Å². The molecule has 0 radical (unpaired) electrons. The minimum Gasteiger partial charge on any atom is -0.493 e. The van der Waals surface area contributed by atoms with Crippen molar-refractivity contribution < 1.29 is 24.5 Å². The number of aliphatic hydroxyl groups is 2. The molecule has 3 heterocycles. The Kier molecular flexibility index (Phi) is 5.21. The van der Waals surface area contributed by atoms with Gasteiger partial charge >= 0.3 is 0 Å². The predicted octanol–water partition coefficient (Wildman–Crippen LogP) is 2.99. The lowest BCUT2D eigenvalue weighted by Crippen LogP contribution is -2.21. The molecule has 0 aliphatic carbocycles. The van der Waals surface area contributed by atoms with Crippen LogP contribution in [0.1, 0.15) is 15.9 Å². The van der Waals surface area contributed by atoms with Crippen LogP contribution in [0.5, 0.6) is 11.5 Å². The van der Waals surface area contributed by atoms with Crippen LogP contribution in [-0.4, -0.2) is 47.5 Å². The number of aromatic nitrogens is 1. The van der Waals surface area contributed by atoms with Crippen molar-refractivity contribution in [3.8, 4) is 33.3 Å². The Morgan fingerprint density at radius 3 is 2.86 bits per heavy atom. The molecule has 3 aromatic rings. The van der Waals surface area contributed by atoms with Gasteiger partial charge in [-0.3, -0.25) is 4.79 Å². The number of methoxy groups -OCH3 is 1. The lowest BCUT2D eigenvalue weighted by molar-refractivity contribution is 0.0527. The van der Waals surface area contributed by atoms with Crippen molar-refractivity contribution in [1.29, 1.82) is 0 Å². The number of carbonyl (C=O) groups excluding carboxylic acids is 1. The molecule has 1 unspecified atom stereocenters. The van der Waals surface area contributed by atoms with Crippen LogP contribution in [0.2, 0.25) is 0 Å². The molecule has 146 valence electrons. The third-order valence-electron chi connectivity index (χ3n) is 4.92. The van der Waals surface area contributed by atoms with Gasteiger partial charge in [-0.1, -0.05) is 6.07 Å². The van der Waals surface area contributed by atoms with Gasteiger partial charge in [0.2, 0.25) is 0 Å². The highest BCUT2D eigenvalue weighted by Gasteiger charge is 2.25. The highest BCUT2D eigenvalue weighted by molar-refractivity contribution is 7.13. The minimum absolute atomic E-state index is 0.0350. The summed E-state index contributed by atoms with van der Waals surface area (Å²) in [5, 5.41) is 20.6. The summed E-state index contributed by atoms with van der Waals surface area (Å²) in [7, 11) is 1.57. The van der Waals surface area contributed by atoms with Crippen LogP contribution in [0.25, 0.3) is 21.8 Å². The Bertz CT molecular complexity index is 993. The van der Waals surface area contributed by atoms with Crippen LogP contribution in [0.15, 0.2) is 35.7 Å². The molecular weight excluding hydrogens is 378 g/mol. The molecule has 6 nitrogen and oxygen atoms in total. The third-order valence-corrected chi connectivity index (χ3v) is 5.80. The zero-order valence-electron chi connectivity index (χ0n) is 15.4. The van der Waals surface area contributed by atoms with Crippen molar-refractivity contribution in [3.05, 3.63) is 46.8 Å². The average molecular weight is 399 g/mol. The van der Waals surface area contributed by atoms with E-state index in [1.54, 1.807) is 18.4 Å². The molecule has 4 rings (SSSR count). The summed E-state index contributed by atoms with van der Waals surface area (Å²) in [4.78, 5) is 12.8. The Balaban J connectivity index is 1.81. The standard InChI is InChI=1S/C21H21NO5S/c1-26-18-8-13-4-5-22-17(16(13)9-19(18)27-12-15(25)11-24)7-14(10-23)21(22)20-3-2-6-28-20/h2-3,6-10,15,24-25H,4-5,11-12H2,1H3. The summed E-state index contributed by atoms with van der Waals surface area (Å²) >= 11 is 1.61. The van der Waals surface area contributed by atoms with Crippen molar-refractivity contribution >= 4 is 17.6 Å². The second-order valence-corrected chi connectivity index (χ2v) is 7.59. The summed E-state index contributed by atoms with van der Waals surface area (Å²) < 4.78 is 13.3. The number of aliphatic hydroxyl groups excluding tert-OH is 2. The van der Waals surface area contributed by atoms with Gasteiger partial charge in [0.25, 0.3) is 0 Å². The lowest BCUT2D eigenvalue weighted by Gasteiger charge is -2.23. The molecule has 1 aromatic carbocycles. The SMILES string of the molecule is COc1cc2c(cc1OCC(O)CO)-c1cc(C=O)c(-c3cccs3)n1CC2. The van der Waals surface area contributed by atoms with Crippen molar-refractivity contribution in [2.75, 3.05) is 20.3 Å². The molecule has 2 N–H and O–H groups in total. The fourth-order valence-electron chi connectivity index (χ4n) is 3.59. The summed E-state index contributed by atoms with van der Waals surface area (Å²) in [6.07, 6.45) is 0.749. The Morgan fingerprint density at radius 1 is 1.32 bits per heavy atom. The molecule has 0 amide bonds. The van der Waals surface area contributed by atoms with E-state index < -0.39 is 6.10 Å². The Morgan fingerprint density at radius 2 is 2.18 bits per heavy atom. The molecule has 1 atom stereocenters. The number of carbonyl (C=O) groups is 1. The largest absolute Gasteiger partial charge is 0.493 e. The first-order valence-electron chi connectivity index (χ1n) is 9.01. The van der Waals surface area contributed by atoms with E-state index in [-0.39, 0.29) is 13.2 Å². The van der Waals surface area contributed by atoms with E-state index in [4.69, 9.17) is 14.6 Å². The van der Waals surface area contributed by atoms with E-state index in [1.807, 2.05) is 35.7 Å². The smallest absolute Gasteiger partial charge is 0.161 e. The van der Waals surface area contributed by atoms with Crippen LogP contribution >= 0.6 is 11.3 Å². The topological polar surface area (TPSA) is 80.9 Å². The van der Waals surface area contributed by atoms with Crippen molar-refractivity contribution in [2.24, 2.45) is 0 Å². The first-order valence-corrected chi connectivity index (χ1v) is 9.89. The number of aldehydes is 1. The third kappa shape index (κ3) is 3.22. The fourth-order valence-corrected chi connectivity index (χ4v) is 4.39. The number of benzene rings is 1. The molecule has 0 fully saturated rings. The van der Waals surface area contributed by atoms with Gasteiger partial charge in [-0.05, 0) is 41.6 Å². The summed E-state index contributed by atoms with van der Waals surface area (Å²) in [6.45, 7) is 0.367. The van der Waals surface area contributed by atoms with E-state index >= 15 is 0 Å². The fraction of sp³-hybridized carbons (Fsp3) is 0.286. The number of thiophene rings is 1. The molecule has 2 aromatic heterocycles. The molecule has 0 saturated heterocycles. The van der Waals surface area contributed by atoms with Crippen LogP contribution in [-0.2, 0) is 13.0 Å². The van der Waals surface area contributed by atoms with Crippen LogP contribution in [0.3, 0.4) is 0 Å². The highest BCUT2D eigenvalue weighted by atomic mass is 32.1. The van der Waals surface area contributed by atoms with Crippen LogP contribution in [0.4, 0.5) is 0 Å². The Labute approximate surface area is 166 Å². The normalized spacial score (nSPS) is 13.5. The van der Waals surface area contributed by atoms with E-state index in [1.165, 1.54) is 0 Å². The van der Waals surface area contributed by atoms with E-state index in [0.29, 0.717) is 17.1 Å². The maximum absolute atomic E-state index is 11.7. The van der Waals surface area contributed by atoms with Crippen LogP contribution < -0.4 is 9.47 Å². The molecule has 28 heavy (non-hydrogen) atoms. The van der Waals surface area contributed by atoms with Gasteiger partial charge < -0.3 is 24.3 Å². The number of ether oxygens (including phenoxy) is 2.